The van der Waals surface area contributed by atoms with E-state index in [0.717, 1.165) is 19.6 Å². The number of nitrogens with zero attached hydrogens (tertiary/aromatic N) is 7. The van der Waals surface area contributed by atoms with Crippen LogP contribution in [0.4, 0.5) is 25.7 Å². The Morgan fingerprint density at radius 3 is 2.71 bits per heavy atom. The van der Waals surface area contributed by atoms with E-state index in [1.54, 1.807) is 4.90 Å². The average Bonchev–Trinajstić information content (AvgIpc) is 3.43. The molecule has 2 saturated heterocycles. The van der Waals surface area contributed by atoms with Crippen LogP contribution in [0.25, 0.3) is 0 Å². The zero-order chi connectivity index (χ0) is 26.9. The number of amides is 3. The monoisotopic (exact) mass is 531 g/mol. The number of carbonyl (C=O) groups excluding carboxylic acids is 2. The van der Waals surface area contributed by atoms with E-state index in [1.165, 1.54) is 49.4 Å². The van der Waals surface area contributed by atoms with E-state index >= 15 is 0 Å². The van der Waals surface area contributed by atoms with Gasteiger partial charge in [-0.15, -0.1) is 0 Å². The van der Waals surface area contributed by atoms with E-state index < -0.39 is 24.3 Å². The summed E-state index contributed by atoms with van der Waals surface area (Å²) in [5, 5.41) is 5.36. The van der Waals surface area contributed by atoms with Crippen molar-refractivity contribution < 1.29 is 23.5 Å². The number of hydrogen-bond acceptors (Lipinski definition) is 10. The molecule has 38 heavy (non-hydrogen) atoms. The summed E-state index contributed by atoms with van der Waals surface area (Å²) in [6, 6.07) is 0.198. The molecule has 2 aliphatic heterocycles. The van der Waals surface area contributed by atoms with Crippen LogP contribution in [0, 0.1) is 0 Å². The van der Waals surface area contributed by atoms with Gasteiger partial charge in [-0.1, -0.05) is 0 Å². The molecule has 0 aliphatic carbocycles. The van der Waals surface area contributed by atoms with Gasteiger partial charge in [0.05, 0.1) is 25.0 Å². The Balaban J connectivity index is 1.31. The number of halogens is 1. The quantitative estimate of drug-likeness (QED) is 0.494. The highest BCUT2D eigenvalue weighted by Gasteiger charge is 2.35. The molecule has 2 aromatic heterocycles. The highest BCUT2D eigenvalue weighted by Crippen LogP contribution is 2.23. The highest BCUT2D eigenvalue weighted by atomic mass is 19.1. The fraction of sp³-hybridized carbons (Fsp3) is 0.583. The standard InChI is InChI=1S/C24H34FN9O4/c1-3-37-21-15-28-19(14-29-21)30-23(35)32(2)18-16-34(12-7-17(18)25)22-26-8-6-20(31-22)38-24(36)27-9-13-33-10-4-5-11-33/h6,8,14-15,17-18H,3-5,7,9-13,16H2,1-2H3,(H,27,36)(H,28,30,35)/t17-,18+/m1/s1. The first-order valence-electron chi connectivity index (χ1n) is 12.8. The van der Waals surface area contributed by atoms with Gasteiger partial charge in [0, 0.05) is 45.5 Å². The smallest absolute Gasteiger partial charge is 0.413 e. The van der Waals surface area contributed by atoms with Crippen LogP contribution in [0.2, 0.25) is 0 Å². The minimum Gasteiger partial charge on any atom is -0.477 e. The molecular formula is C24H34FN9O4. The molecular weight excluding hydrogens is 497 g/mol. The summed E-state index contributed by atoms with van der Waals surface area (Å²) in [5.74, 6) is 0.944. The van der Waals surface area contributed by atoms with Crippen LogP contribution in [0.15, 0.2) is 24.7 Å². The average molecular weight is 532 g/mol. The summed E-state index contributed by atoms with van der Waals surface area (Å²) in [5.41, 5.74) is 0. The van der Waals surface area contributed by atoms with Gasteiger partial charge in [-0.05, 0) is 39.3 Å². The normalized spacial score (nSPS) is 19.6. The number of likely N-dealkylation sites (tertiary alicyclic amines) is 1. The number of nitrogens with one attached hydrogen (secondary N) is 2. The number of hydrogen-bond donors (Lipinski definition) is 2. The van der Waals surface area contributed by atoms with Crippen molar-refractivity contribution in [1.82, 2.24) is 35.1 Å². The number of anilines is 2. The van der Waals surface area contributed by atoms with Crippen LogP contribution in [0.3, 0.4) is 0 Å². The van der Waals surface area contributed by atoms with Gasteiger partial charge in [0.1, 0.15) is 6.17 Å². The van der Waals surface area contributed by atoms with Crippen molar-refractivity contribution in [3.8, 4) is 11.8 Å². The summed E-state index contributed by atoms with van der Waals surface area (Å²) >= 11 is 0. The zero-order valence-corrected chi connectivity index (χ0v) is 21.7. The van der Waals surface area contributed by atoms with Crippen LogP contribution >= 0.6 is 0 Å². The van der Waals surface area contributed by atoms with E-state index in [2.05, 4.69) is 35.5 Å². The van der Waals surface area contributed by atoms with Gasteiger partial charge in [-0.25, -0.2) is 28.9 Å². The molecule has 4 rings (SSSR count). The second kappa shape index (κ2) is 13.1. The Bertz CT molecular complexity index is 1070. The first-order valence-corrected chi connectivity index (χ1v) is 12.8. The Kier molecular flexibility index (Phi) is 9.40. The Hall–Kier alpha value is -3.81. The minimum absolute atomic E-state index is 0.0905. The van der Waals surface area contributed by atoms with Gasteiger partial charge in [0.15, 0.2) is 5.82 Å². The number of alkyl halides is 1. The number of rotatable bonds is 9. The van der Waals surface area contributed by atoms with E-state index in [9.17, 15) is 14.0 Å². The van der Waals surface area contributed by atoms with Crippen molar-refractivity contribution in [1.29, 1.82) is 0 Å². The maximum atomic E-state index is 14.9. The van der Waals surface area contributed by atoms with Gasteiger partial charge in [-0.3, -0.25) is 5.32 Å². The first kappa shape index (κ1) is 27.2. The number of aromatic nitrogens is 4. The third-order valence-corrected chi connectivity index (χ3v) is 6.47. The molecule has 2 aromatic rings. The number of carbonyl (C=O) groups is 2. The SMILES string of the molecule is CCOc1cnc(NC(=O)N(C)[C@H]2CN(c3nccc(OC(=O)NCCN4CCCC4)n3)CC[C@H]2F)cn1. The molecule has 2 aliphatic rings. The van der Waals surface area contributed by atoms with Gasteiger partial charge in [0.25, 0.3) is 0 Å². The summed E-state index contributed by atoms with van der Waals surface area (Å²) in [6.45, 7) is 6.15. The molecule has 13 nitrogen and oxygen atoms in total. The van der Waals surface area contributed by atoms with Crippen molar-refractivity contribution in [3.63, 3.8) is 0 Å². The predicted molar refractivity (Wildman–Crippen MR) is 137 cm³/mol. The summed E-state index contributed by atoms with van der Waals surface area (Å²) in [6.07, 6.45) is 4.97. The molecule has 2 N–H and O–H groups in total. The lowest BCUT2D eigenvalue weighted by Gasteiger charge is -2.39. The molecule has 0 radical (unpaired) electrons. The molecule has 206 valence electrons. The van der Waals surface area contributed by atoms with Gasteiger partial charge >= 0.3 is 12.1 Å². The maximum absolute atomic E-state index is 14.9. The lowest BCUT2D eigenvalue weighted by atomic mass is 10.0. The van der Waals surface area contributed by atoms with E-state index in [1.807, 2.05) is 6.92 Å². The third kappa shape index (κ3) is 7.37. The topological polar surface area (TPSA) is 138 Å². The van der Waals surface area contributed by atoms with Crippen LogP contribution in [0.5, 0.6) is 11.8 Å². The van der Waals surface area contributed by atoms with Crippen molar-refractivity contribution in [2.24, 2.45) is 0 Å². The predicted octanol–water partition coefficient (Wildman–Crippen LogP) is 1.93. The second-order valence-corrected chi connectivity index (χ2v) is 9.09. The Morgan fingerprint density at radius 2 is 1.97 bits per heavy atom. The molecule has 14 heteroatoms. The molecule has 0 unspecified atom stereocenters. The zero-order valence-electron chi connectivity index (χ0n) is 21.7. The summed E-state index contributed by atoms with van der Waals surface area (Å²) < 4.78 is 25.5. The summed E-state index contributed by atoms with van der Waals surface area (Å²) in [4.78, 5) is 47.1. The molecule has 3 amide bonds. The van der Waals surface area contributed by atoms with Crippen molar-refractivity contribution in [3.05, 3.63) is 24.7 Å². The lowest BCUT2D eigenvalue weighted by molar-refractivity contribution is 0.133. The van der Waals surface area contributed by atoms with Crippen LogP contribution in [0.1, 0.15) is 26.2 Å². The van der Waals surface area contributed by atoms with Crippen LogP contribution in [-0.2, 0) is 0 Å². The Morgan fingerprint density at radius 1 is 1.16 bits per heavy atom. The van der Waals surface area contributed by atoms with Gasteiger partial charge < -0.3 is 29.5 Å². The number of likely N-dealkylation sites (N-methyl/N-ethyl adjacent to an activating group) is 1. The van der Waals surface area contributed by atoms with Crippen molar-refractivity contribution >= 4 is 23.9 Å². The fourth-order valence-corrected chi connectivity index (χ4v) is 4.40. The molecule has 0 bridgehead atoms. The maximum Gasteiger partial charge on any atom is 0.413 e. The lowest BCUT2D eigenvalue weighted by Crippen LogP contribution is -2.55. The molecule has 2 fully saturated rings. The van der Waals surface area contributed by atoms with Gasteiger partial charge in [0.2, 0.25) is 17.7 Å². The number of ether oxygens (including phenoxy) is 2. The second-order valence-electron chi connectivity index (χ2n) is 9.09. The van der Waals surface area contributed by atoms with Crippen molar-refractivity contribution in [2.75, 3.05) is 63.1 Å². The molecule has 4 heterocycles. The van der Waals surface area contributed by atoms with Gasteiger partial charge in [-0.2, -0.15) is 4.98 Å². The molecule has 0 saturated carbocycles. The largest absolute Gasteiger partial charge is 0.477 e. The van der Waals surface area contributed by atoms with Crippen LogP contribution in [-0.4, -0.2) is 107 Å². The van der Waals surface area contributed by atoms with E-state index in [-0.39, 0.29) is 30.6 Å². The first-order chi connectivity index (χ1) is 18.4. The van der Waals surface area contributed by atoms with Crippen molar-refractivity contribution in [2.45, 2.75) is 38.4 Å². The highest BCUT2D eigenvalue weighted by molar-refractivity contribution is 5.88. The fourth-order valence-electron chi connectivity index (χ4n) is 4.40. The number of piperidine rings is 1. The summed E-state index contributed by atoms with van der Waals surface area (Å²) in [7, 11) is 1.52. The minimum atomic E-state index is -1.24. The van der Waals surface area contributed by atoms with E-state index in [0.29, 0.717) is 25.6 Å². The molecule has 0 spiro atoms. The Labute approximate surface area is 220 Å². The van der Waals surface area contributed by atoms with E-state index in [4.69, 9.17) is 9.47 Å². The van der Waals surface area contributed by atoms with Crippen LogP contribution < -0.4 is 25.0 Å². The number of urea groups is 1. The third-order valence-electron chi connectivity index (χ3n) is 6.47. The molecule has 0 aromatic carbocycles. The molecule has 2 atom stereocenters.